The van der Waals surface area contributed by atoms with E-state index in [1.54, 1.807) is 0 Å². The molecule has 0 aromatic carbocycles. The van der Waals surface area contributed by atoms with Crippen molar-refractivity contribution in [3.8, 4) is 0 Å². The zero-order valence-corrected chi connectivity index (χ0v) is 6.38. The van der Waals surface area contributed by atoms with Gasteiger partial charge in [0.1, 0.15) is 0 Å². The first-order chi connectivity index (χ1) is 2.94. The van der Waals surface area contributed by atoms with Crippen molar-refractivity contribution >= 4 is 18.4 Å². The summed E-state index contributed by atoms with van der Waals surface area (Å²) < 4.78 is 10.4. The highest BCUT2D eigenvalue weighted by Gasteiger charge is 2.32. The predicted molar refractivity (Wildman–Crippen MR) is 33.2 cm³/mol. The molecule has 0 spiro atoms. The second-order valence-corrected chi connectivity index (χ2v) is 5.17. The molecule has 0 heterocycles. The van der Waals surface area contributed by atoms with Gasteiger partial charge in [-0.15, -0.1) is 0 Å². The third-order valence-electron chi connectivity index (χ3n) is 0.527. The SMILES string of the molecule is CC(C)(C)[P+](=O)Cl. The monoisotopic (exact) mass is 139 g/mol. The molecule has 1 nitrogen and oxygen atoms in total. The summed E-state index contributed by atoms with van der Waals surface area (Å²) in [4.78, 5) is 0. The zero-order valence-electron chi connectivity index (χ0n) is 4.73. The molecule has 0 radical (unpaired) electrons. The molecule has 42 valence electrons. The summed E-state index contributed by atoms with van der Waals surface area (Å²) in [5.41, 5.74) is 0. The number of hydrogen-bond acceptors (Lipinski definition) is 1. The maximum Gasteiger partial charge on any atom is 0.460 e. The molecular formula is C4H9ClOP+. The summed E-state index contributed by atoms with van der Waals surface area (Å²) in [5.74, 6) is 0. The van der Waals surface area contributed by atoms with Crippen molar-refractivity contribution in [1.29, 1.82) is 0 Å². The first kappa shape index (κ1) is 7.39. The van der Waals surface area contributed by atoms with Crippen molar-refractivity contribution < 1.29 is 4.57 Å². The zero-order chi connectivity index (χ0) is 6.08. The lowest BCUT2D eigenvalue weighted by Gasteiger charge is -1.96. The van der Waals surface area contributed by atoms with Gasteiger partial charge in [-0.05, 0) is 20.8 Å². The molecule has 0 saturated carbocycles. The highest BCUT2D eigenvalue weighted by molar-refractivity contribution is 7.75. The van der Waals surface area contributed by atoms with E-state index < -0.39 is 7.15 Å². The van der Waals surface area contributed by atoms with Gasteiger partial charge in [0.2, 0.25) is 11.2 Å². The Kier molecular flexibility index (Phi) is 2.22. The van der Waals surface area contributed by atoms with E-state index in [0.29, 0.717) is 0 Å². The van der Waals surface area contributed by atoms with Crippen LogP contribution < -0.4 is 0 Å². The van der Waals surface area contributed by atoms with Gasteiger partial charge >= 0.3 is 7.15 Å². The molecule has 0 aliphatic rings. The third kappa shape index (κ3) is 3.02. The van der Waals surface area contributed by atoms with Crippen LogP contribution in [0.3, 0.4) is 0 Å². The standard InChI is InChI=1S/C4H9ClOP/c1-4(2,3)7(5)6/h1-3H3/q+1. The van der Waals surface area contributed by atoms with Crippen LogP contribution in [0.1, 0.15) is 20.8 Å². The molecule has 0 bridgehead atoms. The fraction of sp³-hybridized carbons (Fsp3) is 1.00. The molecule has 0 aliphatic carbocycles. The minimum Gasteiger partial charge on any atom is -0.0512 e. The van der Waals surface area contributed by atoms with Gasteiger partial charge in [-0.3, -0.25) is 0 Å². The number of hydrogen-bond donors (Lipinski definition) is 0. The molecule has 0 amide bonds. The highest BCUT2D eigenvalue weighted by Crippen LogP contribution is 2.41. The summed E-state index contributed by atoms with van der Waals surface area (Å²) in [6, 6.07) is 0. The maximum absolute atomic E-state index is 10.4. The lowest BCUT2D eigenvalue weighted by Crippen LogP contribution is -2.03. The Morgan fingerprint density at radius 2 is 1.57 bits per heavy atom. The van der Waals surface area contributed by atoms with E-state index in [1.165, 1.54) is 0 Å². The molecule has 7 heavy (non-hydrogen) atoms. The van der Waals surface area contributed by atoms with Crippen LogP contribution in [-0.2, 0) is 4.57 Å². The van der Waals surface area contributed by atoms with Gasteiger partial charge in [-0.2, -0.15) is 0 Å². The molecule has 0 fully saturated rings. The van der Waals surface area contributed by atoms with Crippen LogP contribution in [0.15, 0.2) is 0 Å². The Hall–Kier alpha value is 0.390. The molecule has 1 unspecified atom stereocenters. The topological polar surface area (TPSA) is 17.1 Å². The molecular weight excluding hydrogens is 130 g/mol. The quantitative estimate of drug-likeness (QED) is 0.472. The average molecular weight is 140 g/mol. The van der Waals surface area contributed by atoms with Crippen LogP contribution in [0.5, 0.6) is 0 Å². The van der Waals surface area contributed by atoms with E-state index in [4.69, 9.17) is 11.2 Å². The van der Waals surface area contributed by atoms with E-state index in [-0.39, 0.29) is 5.16 Å². The average Bonchev–Trinajstić information content (AvgIpc) is 1.31. The summed E-state index contributed by atoms with van der Waals surface area (Å²) in [7, 11) is -1.52. The first-order valence-electron chi connectivity index (χ1n) is 2.08. The number of halogens is 1. The van der Waals surface area contributed by atoms with Crippen LogP contribution >= 0.6 is 18.4 Å². The minimum absolute atomic E-state index is 0.225. The fourth-order valence-electron chi connectivity index (χ4n) is 0. The van der Waals surface area contributed by atoms with Gasteiger partial charge in [0.15, 0.2) is 5.16 Å². The van der Waals surface area contributed by atoms with Crippen molar-refractivity contribution in [2.45, 2.75) is 25.9 Å². The molecule has 0 rings (SSSR count). The van der Waals surface area contributed by atoms with Crippen molar-refractivity contribution in [2.24, 2.45) is 0 Å². The molecule has 3 heteroatoms. The van der Waals surface area contributed by atoms with Gasteiger partial charge in [0.05, 0.1) is 0 Å². The minimum atomic E-state index is -1.52. The number of rotatable bonds is 0. The largest absolute Gasteiger partial charge is 0.460 e. The Morgan fingerprint density at radius 1 is 1.43 bits per heavy atom. The van der Waals surface area contributed by atoms with Crippen LogP contribution in [0.25, 0.3) is 0 Å². The Bertz CT molecular complexity index is 84.2. The van der Waals surface area contributed by atoms with Gasteiger partial charge in [-0.25, -0.2) is 0 Å². The second kappa shape index (κ2) is 2.11. The van der Waals surface area contributed by atoms with Crippen LogP contribution in [0.4, 0.5) is 0 Å². The lowest BCUT2D eigenvalue weighted by molar-refractivity contribution is 0.575. The van der Waals surface area contributed by atoms with Crippen molar-refractivity contribution in [2.75, 3.05) is 0 Å². The first-order valence-corrected chi connectivity index (χ1v) is 4.24. The maximum atomic E-state index is 10.4. The highest BCUT2D eigenvalue weighted by atomic mass is 35.7. The summed E-state index contributed by atoms with van der Waals surface area (Å²) in [6.45, 7) is 5.54. The van der Waals surface area contributed by atoms with E-state index in [9.17, 15) is 4.57 Å². The third-order valence-corrected chi connectivity index (χ3v) is 3.10. The van der Waals surface area contributed by atoms with Gasteiger partial charge < -0.3 is 0 Å². The lowest BCUT2D eigenvalue weighted by atomic mass is 10.3. The van der Waals surface area contributed by atoms with Crippen molar-refractivity contribution in [3.63, 3.8) is 0 Å². The van der Waals surface area contributed by atoms with Gasteiger partial charge in [0.25, 0.3) is 0 Å². The Balaban J connectivity index is 3.79. The van der Waals surface area contributed by atoms with Gasteiger partial charge in [-0.1, -0.05) is 4.57 Å². The normalized spacial score (nSPS) is 14.0. The molecule has 0 saturated heterocycles. The molecule has 0 aromatic rings. The van der Waals surface area contributed by atoms with E-state index in [2.05, 4.69) is 0 Å². The smallest absolute Gasteiger partial charge is 0.0512 e. The Morgan fingerprint density at radius 3 is 1.57 bits per heavy atom. The van der Waals surface area contributed by atoms with E-state index in [0.717, 1.165) is 0 Å². The van der Waals surface area contributed by atoms with Crippen LogP contribution in [0.2, 0.25) is 0 Å². The summed E-state index contributed by atoms with van der Waals surface area (Å²) >= 11 is 5.26. The van der Waals surface area contributed by atoms with E-state index >= 15 is 0 Å². The summed E-state index contributed by atoms with van der Waals surface area (Å²) in [6.07, 6.45) is 0. The van der Waals surface area contributed by atoms with Gasteiger partial charge in [0, 0.05) is 0 Å². The van der Waals surface area contributed by atoms with Crippen molar-refractivity contribution in [1.82, 2.24) is 0 Å². The van der Waals surface area contributed by atoms with Crippen molar-refractivity contribution in [3.05, 3.63) is 0 Å². The molecule has 0 aromatic heterocycles. The Labute approximate surface area is 49.6 Å². The fourth-order valence-corrected chi connectivity index (χ4v) is 0. The molecule has 1 atom stereocenters. The van der Waals surface area contributed by atoms with E-state index in [1.807, 2.05) is 20.8 Å². The second-order valence-electron chi connectivity index (χ2n) is 2.42. The predicted octanol–water partition coefficient (Wildman–Crippen LogP) is 2.77. The summed E-state index contributed by atoms with van der Waals surface area (Å²) in [5, 5.41) is -0.225. The van der Waals surface area contributed by atoms with Crippen LogP contribution in [-0.4, -0.2) is 5.16 Å². The molecule has 0 aliphatic heterocycles. The molecule has 0 N–H and O–H groups in total. The van der Waals surface area contributed by atoms with Crippen LogP contribution in [0, 0.1) is 0 Å².